The minimum atomic E-state index is -0.334. The van der Waals surface area contributed by atoms with Crippen LogP contribution in [0.3, 0.4) is 0 Å². The largest absolute Gasteiger partial charge is 0.493 e. The minimum Gasteiger partial charge on any atom is -0.493 e. The number of ether oxygens (including phenoxy) is 3. The van der Waals surface area contributed by atoms with Crippen LogP contribution in [0.25, 0.3) is 21.9 Å². The molecule has 0 radical (unpaired) electrons. The quantitative estimate of drug-likeness (QED) is 0.598. The monoisotopic (exact) mass is 448 g/mol. The zero-order valence-electron chi connectivity index (χ0n) is 19.1. The molecule has 1 aliphatic rings. The number of methoxy groups -OCH3 is 3. The van der Waals surface area contributed by atoms with Crippen LogP contribution in [0.2, 0.25) is 0 Å². The predicted molar refractivity (Wildman–Crippen MR) is 127 cm³/mol. The van der Waals surface area contributed by atoms with Gasteiger partial charge in [0.05, 0.1) is 33.7 Å². The van der Waals surface area contributed by atoms with Gasteiger partial charge >= 0.3 is 0 Å². The van der Waals surface area contributed by atoms with Crippen LogP contribution < -0.4 is 19.9 Å². The number of hydrogen-bond acceptors (Lipinski definition) is 5. The number of hydrogen-bond donors (Lipinski definition) is 1. The molecule has 0 aromatic heterocycles. The first-order chi connectivity index (χ1) is 15.9. The fourth-order valence-electron chi connectivity index (χ4n) is 4.34. The maximum atomic E-state index is 12.7. The first kappa shape index (κ1) is 22.5. The van der Waals surface area contributed by atoms with E-state index in [9.17, 15) is 9.59 Å². The van der Waals surface area contributed by atoms with Gasteiger partial charge in [-0.1, -0.05) is 30.3 Å². The smallest absolute Gasteiger partial charge is 0.227 e. The van der Waals surface area contributed by atoms with E-state index in [0.29, 0.717) is 43.2 Å². The number of carbonyl (C=O) groups excluding carboxylic acids is 2. The van der Waals surface area contributed by atoms with Crippen LogP contribution in [0, 0.1) is 5.92 Å². The van der Waals surface area contributed by atoms with E-state index < -0.39 is 0 Å². The van der Waals surface area contributed by atoms with Gasteiger partial charge in [-0.25, -0.2) is 0 Å². The Bertz CT molecular complexity index is 1180. The average molecular weight is 449 g/mol. The standard InChI is InChI=1S/C26H28N2O5/c1-31-22-13-21(14-23(32-2)25(22)33-3)19-7-6-17-10-16(4-5-18(17)12-19)11-24(29)28-9-8-20(15-28)26(27)30/h4-7,10,12-14,20H,8-9,11,15H2,1-3H3,(H2,27,30). The highest BCUT2D eigenvalue weighted by atomic mass is 16.5. The van der Waals surface area contributed by atoms with Crippen LogP contribution in [0.5, 0.6) is 17.2 Å². The maximum absolute atomic E-state index is 12.7. The van der Waals surface area contributed by atoms with Gasteiger partial charge in [0.25, 0.3) is 0 Å². The second-order valence-corrected chi connectivity index (χ2v) is 8.21. The van der Waals surface area contributed by atoms with E-state index >= 15 is 0 Å². The van der Waals surface area contributed by atoms with Gasteiger partial charge in [0.1, 0.15) is 0 Å². The molecule has 3 aromatic rings. The van der Waals surface area contributed by atoms with Crippen molar-refractivity contribution in [2.24, 2.45) is 11.7 Å². The fraction of sp³-hybridized carbons (Fsp3) is 0.308. The molecular weight excluding hydrogens is 420 g/mol. The van der Waals surface area contributed by atoms with Crippen LogP contribution in [-0.2, 0) is 16.0 Å². The van der Waals surface area contributed by atoms with Crippen LogP contribution in [0.4, 0.5) is 0 Å². The van der Waals surface area contributed by atoms with Crippen molar-refractivity contribution in [2.75, 3.05) is 34.4 Å². The molecule has 0 spiro atoms. The lowest BCUT2D eigenvalue weighted by Gasteiger charge is -2.16. The summed E-state index contributed by atoms with van der Waals surface area (Å²) in [6.45, 7) is 0.998. The average Bonchev–Trinajstić information content (AvgIpc) is 3.33. The van der Waals surface area contributed by atoms with Gasteiger partial charge in [-0.2, -0.15) is 0 Å². The third-order valence-electron chi connectivity index (χ3n) is 6.20. The number of nitrogens with two attached hydrogens (primary N) is 1. The second kappa shape index (κ2) is 9.40. The van der Waals surface area contributed by atoms with Gasteiger partial charge in [-0.05, 0) is 52.1 Å². The summed E-state index contributed by atoms with van der Waals surface area (Å²) in [5.74, 6) is 1.20. The van der Waals surface area contributed by atoms with Gasteiger partial charge in [0.2, 0.25) is 17.6 Å². The van der Waals surface area contributed by atoms with E-state index in [-0.39, 0.29) is 17.7 Å². The molecular formula is C26H28N2O5. The zero-order chi connectivity index (χ0) is 23.5. The van der Waals surface area contributed by atoms with Crippen molar-refractivity contribution >= 4 is 22.6 Å². The lowest BCUT2D eigenvalue weighted by molar-refractivity contribution is -0.129. The second-order valence-electron chi connectivity index (χ2n) is 8.21. The van der Waals surface area contributed by atoms with E-state index in [1.54, 1.807) is 26.2 Å². The van der Waals surface area contributed by atoms with E-state index in [1.165, 1.54) is 0 Å². The van der Waals surface area contributed by atoms with Crippen molar-refractivity contribution in [1.82, 2.24) is 4.90 Å². The highest BCUT2D eigenvalue weighted by Gasteiger charge is 2.29. The van der Waals surface area contributed by atoms with Crippen molar-refractivity contribution in [3.63, 3.8) is 0 Å². The number of fused-ring (bicyclic) bond motifs is 1. The molecule has 3 aromatic carbocycles. The molecule has 1 heterocycles. The Morgan fingerprint density at radius 2 is 1.58 bits per heavy atom. The van der Waals surface area contributed by atoms with E-state index in [4.69, 9.17) is 19.9 Å². The Hall–Kier alpha value is -3.74. The number of likely N-dealkylation sites (tertiary alicyclic amines) is 1. The van der Waals surface area contributed by atoms with Gasteiger partial charge in [-0.3, -0.25) is 9.59 Å². The van der Waals surface area contributed by atoms with Gasteiger partial charge in [0.15, 0.2) is 11.5 Å². The lowest BCUT2D eigenvalue weighted by atomic mass is 9.98. The summed E-state index contributed by atoms with van der Waals surface area (Å²) in [4.78, 5) is 25.8. The number of amides is 2. The molecule has 7 heteroatoms. The molecule has 4 rings (SSSR count). The minimum absolute atomic E-state index is 0.0205. The fourth-order valence-corrected chi connectivity index (χ4v) is 4.34. The molecule has 172 valence electrons. The Labute approximate surface area is 193 Å². The van der Waals surface area contributed by atoms with Gasteiger partial charge < -0.3 is 24.8 Å². The zero-order valence-corrected chi connectivity index (χ0v) is 19.1. The number of rotatable bonds is 7. The van der Waals surface area contributed by atoms with E-state index in [1.807, 2.05) is 42.5 Å². The van der Waals surface area contributed by atoms with Gasteiger partial charge in [-0.15, -0.1) is 0 Å². The van der Waals surface area contributed by atoms with E-state index in [0.717, 1.165) is 27.5 Å². The van der Waals surface area contributed by atoms with Crippen molar-refractivity contribution in [3.8, 4) is 28.4 Å². The Morgan fingerprint density at radius 1 is 0.909 bits per heavy atom. The molecule has 1 fully saturated rings. The van der Waals surface area contributed by atoms with E-state index in [2.05, 4.69) is 6.07 Å². The molecule has 0 aliphatic carbocycles. The molecule has 0 bridgehead atoms. The Kier molecular flexibility index (Phi) is 6.40. The van der Waals surface area contributed by atoms with Crippen LogP contribution in [0.15, 0.2) is 48.5 Å². The highest BCUT2D eigenvalue weighted by Crippen LogP contribution is 2.41. The third-order valence-corrected chi connectivity index (χ3v) is 6.20. The van der Waals surface area contributed by atoms with Crippen LogP contribution >= 0.6 is 0 Å². The third kappa shape index (κ3) is 4.58. The van der Waals surface area contributed by atoms with Crippen molar-refractivity contribution in [1.29, 1.82) is 0 Å². The maximum Gasteiger partial charge on any atom is 0.227 e. The topological polar surface area (TPSA) is 91.1 Å². The summed E-state index contributed by atoms with van der Waals surface area (Å²) in [5.41, 5.74) is 8.28. The summed E-state index contributed by atoms with van der Waals surface area (Å²) in [7, 11) is 4.78. The Balaban J connectivity index is 1.56. The predicted octanol–water partition coefficient (Wildman–Crippen LogP) is 3.41. The molecule has 2 amide bonds. The van der Waals surface area contributed by atoms with Crippen molar-refractivity contribution < 1.29 is 23.8 Å². The molecule has 2 N–H and O–H groups in total. The molecule has 1 aliphatic heterocycles. The molecule has 1 atom stereocenters. The number of carbonyl (C=O) groups is 2. The number of benzene rings is 3. The van der Waals surface area contributed by atoms with Gasteiger partial charge in [0, 0.05) is 13.1 Å². The summed E-state index contributed by atoms with van der Waals surface area (Å²) >= 11 is 0. The summed E-state index contributed by atoms with van der Waals surface area (Å²) in [5, 5.41) is 2.11. The highest BCUT2D eigenvalue weighted by molar-refractivity contribution is 5.90. The summed E-state index contributed by atoms with van der Waals surface area (Å²) in [6.07, 6.45) is 0.943. The molecule has 0 saturated carbocycles. The molecule has 7 nitrogen and oxygen atoms in total. The number of nitrogens with zero attached hydrogens (tertiary/aromatic N) is 1. The summed E-state index contributed by atoms with van der Waals surface area (Å²) in [6, 6.07) is 16.0. The molecule has 1 saturated heterocycles. The lowest BCUT2D eigenvalue weighted by Crippen LogP contribution is -2.32. The first-order valence-corrected chi connectivity index (χ1v) is 10.8. The molecule has 1 unspecified atom stereocenters. The number of primary amides is 1. The normalized spacial score (nSPS) is 15.5. The SMILES string of the molecule is COc1cc(-c2ccc3cc(CC(=O)N4CCC(C(N)=O)C4)ccc3c2)cc(OC)c1OC. The van der Waals surface area contributed by atoms with Crippen molar-refractivity contribution in [2.45, 2.75) is 12.8 Å². The molecule has 33 heavy (non-hydrogen) atoms. The van der Waals surface area contributed by atoms with Crippen molar-refractivity contribution in [3.05, 3.63) is 54.1 Å². The first-order valence-electron chi connectivity index (χ1n) is 10.8. The van der Waals surface area contributed by atoms with Crippen LogP contribution in [0.1, 0.15) is 12.0 Å². The summed E-state index contributed by atoms with van der Waals surface area (Å²) < 4.78 is 16.4. The Morgan fingerprint density at radius 3 is 2.18 bits per heavy atom. The van der Waals surface area contributed by atoms with Crippen LogP contribution in [-0.4, -0.2) is 51.1 Å².